The summed E-state index contributed by atoms with van der Waals surface area (Å²) in [6.07, 6.45) is 0. The molecular formula is C82H74BN5S. The Morgan fingerprint density at radius 3 is 0.910 bits per heavy atom. The van der Waals surface area contributed by atoms with Crippen molar-refractivity contribution >= 4 is 130 Å². The molecule has 5 heterocycles. The second-order valence-electron chi connectivity index (χ2n) is 29.1. The highest BCUT2D eigenvalue weighted by atomic mass is 32.2. The van der Waals surface area contributed by atoms with Crippen LogP contribution < -0.4 is 31.1 Å². The molecule has 89 heavy (non-hydrogen) atoms. The van der Waals surface area contributed by atoms with Crippen molar-refractivity contribution in [3.8, 4) is 11.4 Å². The van der Waals surface area contributed by atoms with Crippen molar-refractivity contribution in [1.82, 2.24) is 9.13 Å². The first-order valence-corrected chi connectivity index (χ1v) is 32.5. The third-order valence-electron chi connectivity index (χ3n) is 19.2. The van der Waals surface area contributed by atoms with Crippen molar-refractivity contribution in [3.05, 3.63) is 253 Å². The molecule has 0 unspecified atom stereocenters. The van der Waals surface area contributed by atoms with Crippen molar-refractivity contribution in [2.24, 2.45) is 0 Å². The Labute approximate surface area is 529 Å². The van der Waals surface area contributed by atoms with E-state index in [0.717, 1.165) is 28.4 Å². The molecule has 5 nitrogen and oxygen atoms in total. The lowest BCUT2D eigenvalue weighted by atomic mass is 9.33. The summed E-state index contributed by atoms with van der Waals surface area (Å²) >= 11 is 1.86. The Balaban J connectivity index is 1.08. The predicted molar refractivity (Wildman–Crippen MR) is 383 cm³/mol. The highest BCUT2D eigenvalue weighted by Crippen LogP contribution is 2.55. The first kappa shape index (κ1) is 55.2. The Hall–Kier alpha value is -9.17. The first-order chi connectivity index (χ1) is 42.7. The average Bonchev–Trinajstić information content (AvgIpc) is 1.27. The molecule has 3 aliphatic rings. The fraction of sp³-hybridized carbons (Fsp3) is 0.195. The number of anilines is 9. The van der Waals surface area contributed by atoms with Gasteiger partial charge in [-0.05, 0) is 169 Å². The van der Waals surface area contributed by atoms with Gasteiger partial charge in [-0.2, -0.15) is 0 Å². The summed E-state index contributed by atoms with van der Waals surface area (Å²) in [6, 6.07) is 88.5. The van der Waals surface area contributed by atoms with E-state index in [4.69, 9.17) is 0 Å². The van der Waals surface area contributed by atoms with Gasteiger partial charge < -0.3 is 23.8 Å². The summed E-state index contributed by atoms with van der Waals surface area (Å²) in [6.45, 7) is 28.2. The number of hydrogen-bond donors (Lipinski definition) is 0. The van der Waals surface area contributed by atoms with Crippen LogP contribution in [0.4, 0.5) is 51.2 Å². The lowest BCUT2D eigenvalue weighted by molar-refractivity contribution is 0.568. The van der Waals surface area contributed by atoms with Crippen molar-refractivity contribution in [3.63, 3.8) is 0 Å². The number of nitrogens with zero attached hydrogens (tertiary/aromatic N) is 5. The zero-order valence-electron chi connectivity index (χ0n) is 53.2. The fourth-order valence-corrected chi connectivity index (χ4v) is 15.6. The van der Waals surface area contributed by atoms with Gasteiger partial charge in [-0.15, -0.1) is 0 Å². The minimum atomic E-state index is -0.164. The summed E-state index contributed by atoms with van der Waals surface area (Å²) in [5.74, 6) is 0. The molecular weight excluding hydrogens is 1100 g/mol. The molecule has 0 radical (unpaired) electrons. The van der Waals surface area contributed by atoms with Crippen LogP contribution in [0.15, 0.2) is 240 Å². The van der Waals surface area contributed by atoms with Crippen LogP contribution in [-0.2, 0) is 21.7 Å². The SMILES string of the molecule is CC(C)(C)c1cc(N2c3cc(-n4c5ccccc5c5ccccc54)ccc3B3c4ccc(-n5c6ccccc6c6ccccc65)cc4N(c4cc(C(C)(C)C)cc(C(C)(C)C)c4)c4cc(N5c6ccccc6Sc6ccccc65)cc2c43)cc(C(C)(C)C)c1. The molecule has 16 rings (SSSR count). The van der Waals surface area contributed by atoms with E-state index in [9.17, 15) is 0 Å². The van der Waals surface area contributed by atoms with E-state index in [1.807, 2.05) is 11.8 Å². The second-order valence-corrected chi connectivity index (χ2v) is 30.2. The summed E-state index contributed by atoms with van der Waals surface area (Å²) in [5, 5.41) is 4.98. The average molecular weight is 1170 g/mol. The molecule has 3 aliphatic heterocycles. The predicted octanol–water partition coefficient (Wildman–Crippen LogP) is 21.1. The zero-order chi connectivity index (χ0) is 61.2. The van der Waals surface area contributed by atoms with E-state index < -0.39 is 0 Å². The van der Waals surface area contributed by atoms with Crippen LogP contribution in [0, 0.1) is 0 Å². The maximum atomic E-state index is 2.67. The maximum Gasteiger partial charge on any atom is 0.252 e. The molecule has 11 aromatic carbocycles. The molecule has 13 aromatic rings. The number of aromatic nitrogens is 2. The van der Waals surface area contributed by atoms with Crippen molar-refractivity contribution in [1.29, 1.82) is 0 Å². The number of para-hydroxylation sites is 6. The summed E-state index contributed by atoms with van der Waals surface area (Å²) in [7, 11) is 0. The molecule has 436 valence electrons. The van der Waals surface area contributed by atoms with Crippen LogP contribution in [0.1, 0.15) is 105 Å². The highest BCUT2D eigenvalue weighted by Gasteiger charge is 2.46. The van der Waals surface area contributed by atoms with E-state index in [2.05, 4.69) is 337 Å². The van der Waals surface area contributed by atoms with Crippen LogP contribution in [0.25, 0.3) is 55.0 Å². The van der Waals surface area contributed by atoms with E-state index in [-0.39, 0.29) is 28.4 Å². The molecule has 0 spiro atoms. The first-order valence-electron chi connectivity index (χ1n) is 31.7. The molecule has 7 heteroatoms. The normalized spacial score (nSPS) is 13.9. The van der Waals surface area contributed by atoms with Crippen molar-refractivity contribution in [2.75, 3.05) is 14.7 Å². The van der Waals surface area contributed by atoms with Crippen molar-refractivity contribution in [2.45, 2.75) is 115 Å². The molecule has 0 atom stereocenters. The lowest BCUT2D eigenvalue weighted by Gasteiger charge is -2.46. The smallest absolute Gasteiger partial charge is 0.252 e. The molecule has 0 aliphatic carbocycles. The highest BCUT2D eigenvalue weighted by molar-refractivity contribution is 7.99. The van der Waals surface area contributed by atoms with E-state index in [1.54, 1.807) is 0 Å². The van der Waals surface area contributed by atoms with Gasteiger partial charge in [0.1, 0.15) is 0 Å². The second kappa shape index (κ2) is 19.7. The molecule has 0 N–H and O–H groups in total. The number of hydrogen-bond acceptors (Lipinski definition) is 4. The van der Waals surface area contributed by atoms with E-state index in [1.165, 1.54) is 126 Å². The monoisotopic (exact) mass is 1170 g/mol. The van der Waals surface area contributed by atoms with Crippen LogP contribution >= 0.6 is 11.8 Å². The zero-order valence-corrected chi connectivity index (χ0v) is 54.0. The Bertz CT molecular complexity index is 4610. The topological polar surface area (TPSA) is 19.6 Å². The van der Waals surface area contributed by atoms with Gasteiger partial charge in [0.2, 0.25) is 0 Å². The van der Waals surface area contributed by atoms with Gasteiger partial charge in [-0.25, -0.2) is 0 Å². The van der Waals surface area contributed by atoms with Crippen LogP contribution in [-0.4, -0.2) is 15.8 Å². The molecule has 0 saturated carbocycles. The third-order valence-corrected chi connectivity index (χ3v) is 20.3. The molecule has 0 fully saturated rings. The largest absolute Gasteiger partial charge is 0.311 e. The molecule has 0 saturated heterocycles. The van der Waals surface area contributed by atoms with Gasteiger partial charge in [0.15, 0.2) is 0 Å². The minimum absolute atomic E-state index is 0.144. The summed E-state index contributed by atoms with van der Waals surface area (Å²) < 4.78 is 4.99. The van der Waals surface area contributed by atoms with Crippen LogP contribution in [0.2, 0.25) is 0 Å². The minimum Gasteiger partial charge on any atom is -0.311 e. The quantitative estimate of drug-likeness (QED) is 0.160. The van der Waals surface area contributed by atoms with Gasteiger partial charge in [0.05, 0.1) is 39.1 Å². The van der Waals surface area contributed by atoms with E-state index >= 15 is 0 Å². The molecule has 0 bridgehead atoms. The van der Waals surface area contributed by atoms with Crippen LogP contribution in [0.5, 0.6) is 0 Å². The van der Waals surface area contributed by atoms with Gasteiger partial charge in [-0.3, -0.25) is 0 Å². The van der Waals surface area contributed by atoms with Gasteiger partial charge in [-0.1, -0.05) is 216 Å². The van der Waals surface area contributed by atoms with E-state index in [0.29, 0.717) is 0 Å². The lowest BCUT2D eigenvalue weighted by Crippen LogP contribution is -2.61. The van der Waals surface area contributed by atoms with Gasteiger partial charge in [0.25, 0.3) is 6.71 Å². The third kappa shape index (κ3) is 8.73. The Morgan fingerprint density at radius 2 is 0.562 bits per heavy atom. The summed E-state index contributed by atoms with van der Waals surface area (Å²) in [4.78, 5) is 10.4. The number of benzene rings is 11. The van der Waals surface area contributed by atoms with Gasteiger partial charge in [0, 0.05) is 76.8 Å². The standard InChI is InChI=1S/C82H74BN5S/c1-79(2,3)51-41-52(80(4,5)6)44-57(43-51)87-72-47-55(84-66-29-17-13-25-60(66)61-26-14-18-30-67(61)84)37-39-64(72)83-65-40-38-56(85-68-31-19-15-27-62(68)63-28-16-20-32-69(63)85)48-73(65)88(58-45-53(81(7,8)9)42-54(46-58)82(10,11)12)75-50-59(49-74(87)78(75)83)86-70-33-21-23-35-76(70)89-77-36-24-22-34-71(77)86/h13-50H,1-12H3. The molecule has 2 aromatic heterocycles. The number of rotatable bonds is 5. The van der Waals surface area contributed by atoms with Gasteiger partial charge >= 0.3 is 0 Å². The van der Waals surface area contributed by atoms with Crippen LogP contribution in [0.3, 0.4) is 0 Å². The maximum absolute atomic E-state index is 2.67. The summed E-state index contributed by atoms with van der Waals surface area (Å²) in [5.41, 5.74) is 25.9. The molecule has 0 amide bonds. The Kier molecular flexibility index (Phi) is 12.2. The Morgan fingerprint density at radius 1 is 0.270 bits per heavy atom. The number of fused-ring (bicyclic) bond motifs is 12. The fourth-order valence-electron chi connectivity index (χ4n) is 14.5. The van der Waals surface area contributed by atoms with Crippen molar-refractivity contribution < 1.29 is 0 Å².